The maximum absolute atomic E-state index is 12.2. The number of rotatable bonds is 4. The summed E-state index contributed by atoms with van der Waals surface area (Å²) in [4.78, 5) is 12.2. The largest absolute Gasteiger partial charge is 0.469 e. The quantitative estimate of drug-likeness (QED) is 0.742. The van der Waals surface area contributed by atoms with Crippen LogP contribution in [0.1, 0.15) is 35.4 Å². The zero-order valence-corrected chi connectivity index (χ0v) is 14.1. The molecule has 0 fully saturated rings. The van der Waals surface area contributed by atoms with Gasteiger partial charge in [-0.3, -0.25) is 4.79 Å². The fourth-order valence-corrected chi connectivity index (χ4v) is 2.75. The van der Waals surface area contributed by atoms with Crippen molar-refractivity contribution in [1.29, 1.82) is 0 Å². The Hall–Kier alpha value is -1.61. The number of aryl methyl sites for hydroxylation is 1. The molecule has 2 rings (SSSR count). The molecule has 0 heterocycles. The van der Waals surface area contributed by atoms with Gasteiger partial charge in [0.2, 0.25) is 0 Å². The summed E-state index contributed by atoms with van der Waals surface area (Å²) < 4.78 is 6.01. The number of hydrogen-bond donors (Lipinski definition) is 0. The summed E-state index contributed by atoms with van der Waals surface area (Å²) in [5.74, 6) is -0.449. The molecule has 2 aromatic rings. The fourth-order valence-electron chi connectivity index (χ4n) is 2.49. The van der Waals surface area contributed by atoms with Crippen molar-refractivity contribution in [2.75, 3.05) is 7.11 Å². The van der Waals surface area contributed by atoms with E-state index in [9.17, 15) is 4.79 Å². The van der Waals surface area contributed by atoms with Crippen LogP contribution in [-0.2, 0) is 9.53 Å². The van der Waals surface area contributed by atoms with Gasteiger partial charge < -0.3 is 4.74 Å². The molecule has 0 aliphatic heterocycles. The van der Waals surface area contributed by atoms with Gasteiger partial charge in [0.15, 0.2) is 0 Å². The van der Waals surface area contributed by atoms with Gasteiger partial charge >= 0.3 is 5.97 Å². The first-order valence-electron chi connectivity index (χ1n) is 6.92. The maximum atomic E-state index is 12.2. The van der Waals surface area contributed by atoms with Crippen molar-refractivity contribution in [2.24, 2.45) is 0 Å². The van der Waals surface area contributed by atoms with Crippen molar-refractivity contribution in [3.8, 4) is 0 Å². The summed E-state index contributed by atoms with van der Waals surface area (Å²) in [7, 11) is 1.44. The lowest BCUT2D eigenvalue weighted by molar-refractivity contribution is -0.142. The van der Waals surface area contributed by atoms with Gasteiger partial charge in [-0.15, -0.1) is 0 Å². The molecule has 0 bridgehead atoms. The maximum Gasteiger partial charge on any atom is 0.313 e. The number of hydrogen-bond acceptors (Lipinski definition) is 2. The standard InChI is InChI=1S/C18H19BrO2/c1-12-4-6-14(7-5-12)13(2)17(18(20)21-3)15-8-10-16(19)11-9-15/h4-11,13,17H,1-3H3/t13-,17+/m0/s1. The predicted molar refractivity (Wildman–Crippen MR) is 88.5 cm³/mol. The third-order valence-electron chi connectivity index (χ3n) is 3.79. The average molecular weight is 347 g/mol. The Balaban J connectivity index is 2.37. The number of carbonyl (C=O) groups excluding carboxylic acids is 1. The van der Waals surface area contributed by atoms with Gasteiger partial charge in [0.05, 0.1) is 13.0 Å². The summed E-state index contributed by atoms with van der Waals surface area (Å²) in [6.45, 7) is 4.12. The lowest BCUT2D eigenvalue weighted by Crippen LogP contribution is -2.20. The van der Waals surface area contributed by atoms with Crippen LogP contribution in [0.5, 0.6) is 0 Å². The van der Waals surface area contributed by atoms with E-state index in [1.807, 2.05) is 24.3 Å². The topological polar surface area (TPSA) is 26.3 Å². The number of benzene rings is 2. The minimum absolute atomic E-state index is 0.0548. The van der Waals surface area contributed by atoms with Gasteiger partial charge in [0, 0.05) is 4.47 Å². The summed E-state index contributed by atoms with van der Waals surface area (Å²) in [5, 5.41) is 0. The van der Waals surface area contributed by atoms with Crippen LogP contribution in [0.4, 0.5) is 0 Å². The van der Waals surface area contributed by atoms with Crippen molar-refractivity contribution < 1.29 is 9.53 Å². The molecule has 0 saturated carbocycles. The van der Waals surface area contributed by atoms with Crippen molar-refractivity contribution in [1.82, 2.24) is 0 Å². The Morgan fingerprint density at radius 2 is 1.52 bits per heavy atom. The lowest BCUT2D eigenvalue weighted by atomic mass is 9.82. The number of halogens is 1. The molecular weight excluding hydrogens is 328 g/mol. The highest BCUT2D eigenvalue weighted by Crippen LogP contribution is 2.34. The van der Waals surface area contributed by atoms with Crippen LogP contribution in [0, 0.1) is 6.92 Å². The molecule has 0 aliphatic rings. The Bertz CT molecular complexity index is 602. The van der Waals surface area contributed by atoms with Crippen molar-refractivity contribution in [3.63, 3.8) is 0 Å². The minimum Gasteiger partial charge on any atom is -0.469 e. The van der Waals surface area contributed by atoms with Crippen molar-refractivity contribution >= 4 is 21.9 Å². The van der Waals surface area contributed by atoms with Crippen LogP contribution in [0.15, 0.2) is 53.0 Å². The molecule has 3 heteroatoms. The molecule has 2 aromatic carbocycles. The summed E-state index contributed by atoms with van der Waals surface area (Å²) in [6, 6.07) is 16.1. The zero-order valence-electron chi connectivity index (χ0n) is 12.5. The van der Waals surface area contributed by atoms with E-state index in [1.165, 1.54) is 12.7 Å². The second kappa shape index (κ2) is 6.90. The van der Waals surface area contributed by atoms with Crippen LogP contribution >= 0.6 is 15.9 Å². The van der Waals surface area contributed by atoms with E-state index in [1.54, 1.807) is 0 Å². The second-order valence-corrected chi connectivity index (χ2v) is 6.17. The normalized spacial score (nSPS) is 13.5. The summed E-state index contributed by atoms with van der Waals surface area (Å²) in [6.07, 6.45) is 0. The van der Waals surface area contributed by atoms with E-state index in [2.05, 4.69) is 54.0 Å². The molecule has 0 aliphatic carbocycles. The summed E-state index contributed by atoms with van der Waals surface area (Å²) in [5.41, 5.74) is 3.32. The third-order valence-corrected chi connectivity index (χ3v) is 4.32. The van der Waals surface area contributed by atoms with Crippen LogP contribution in [-0.4, -0.2) is 13.1 Å². The Morgan fingerprint density at radius 1 is 1.00 bits per heavy atom. The Kier molecular flexibility index (Phi) is 5.18. The van der Waals surface area contributed by atoms with E-state index < -0.39 is 0 Å². The van der Waals surface area contributed by atoms with Crippen molar-refractivity contribution in [3.05, 3.63) is 69.7 Å². The first-order chi connectivity index (χ1) is 10.0. The Morgan fingerprint density at radius 3 is 2.05 bits per heavy atom. The molecule has 110 valence electrons. The van der Waals surface area contributed by atoms with Crippen LogP contribution in [0.3, 0.4) is 0 Å². The zero-order chi connectivity index (χ0) is 15.4. The van der Waals surface area contributed by atoms with Gasteiger partial charge in [0.25, 0.3) is 0 Å². The van der Waals surface area contributed by atoms with E-state index in [0.29, 0.717) is 0 Å². The molecular formula is C18H19BrO2. The second-order valence-electron chi connectivity index (χ2n) is 5.25. The third kappa shape index (κ3) is 3.73. The highest BCUT2D eigenvalue weighted by atomic mass is 79.9. The molecule has 0 unspecified atom stereocenters. The van der Waals surface area contributed by atoms with Gasteiger partial charge in [-0.25, -0.2) is 0 Å². The molecule has 0 N–H and O–H groups in total. The lowest BCUT2D eigenvalue weighted by Gasteiger charge is -2.23. The SMILES string of the molecule is COC(=O)[C@@H](c1ccc(Br)cc1)[C@@H](C)c1ccc(C)cc1. The molecule has 2 nitrogen and oxygen atoms in total. The number of ether oxygens (including phenoxy) is 1. The first kappa shape index (κ1) is 15.8. The predicted octanol–water partition coefficient (Wildman–Crippen LogP) is 4.82. The van der Waals surface area contributed by atoms with Gasteiger partial charge in [-0.1, -0.05) is 64.8 Å². The van der Waals surface area contributed by atoms with Crippen LogP contribution in [0.25, 0.3) is 0 Å². The fraction of sp³-hybridized carbons (Fsp3) is 0.278. The minimum atomic E-state index is -0.300. The monoisotopic (exact) mass is 346 g/mol. The molecule has 21 heavy (non-hydrogen) atoms. The highest BCUT2D eigenvalue weighted by molar-refractivity contribution is 9.10. The molecule has 0 amide bonds. The first-order valence-corrected chi connectivity index (χ1v) is 7.72. The van der Waals surface area contributed by atoms with Gasteiger partial charge in [-0.2, -0.15) is 0 Å². The molecule has 0 radical (unpaired) electrons. The van der Waals surface area contributed by atoms with Crippen LogP contribution < -0.4 is 0 Å². The molecule has 0 saturated heterocycles. The Labute approximate surface area is 134 Å². The number of esters is 1. The molecule has 0 aromatic heterocycles. The van der Waals surface area contributed by atoms with E-state index in [0.717, 1.165) is 15.6 Å². The van der Waals surface area contributed by atoms with Crippen molar-refractivity contribution in [2.45, 2.75) is 25.7 Å². The van der Waals surface area contributed by atoms with Gasteiger partial charge in [-0.05, 0) is 36.1 Å². The van der Waals surface area contributed by atoms with Crippen LogP contribution in [0.2, 0.25) is 0 Å². The average Bonchev–Trinajstić information content (AvgIpc) is 2.49. The number of methoxy groups -OCH3 is 1. The molecule has 0 spiro atoms. The number of carbonyl (C=O) groups is 1. The smallest absolute Gasteiger partial charge is 0.313 e. The summed E-state index contributed by atoms with van der Waals surface area (Å²) >= 11 is 3.42. The van der Waals surface area contributed by atoms with E-state index >= 15 is 0 Å². The van der Waals surface area contributed by atoms with E-state index in [-0.39, 0.29) is 17.8 Å². The van der Waals surface area contributed by atoms with E-state index in [4.69, 9.17) is 4.74 Å². The van der Waals surface area contributed by atoms with Gasteiger partial charge in [0.1, 0.15) is 0 Å². The highest BCUT2D eigenvalue weighted by Gasteiger charge is 2.28. The molecule has 2 atom stereocenters.